The molecule has 0 heterocycles. The summed E-state index contributed by atoms with van der Waals surface area (Å²) >= 11 is 0. The second-order valence-corrected chi connectivity index (χ2v) is 8.33. The third-order valence-electron chi connectivity index (χ3n) is 5.22. The Kier molecular flexibility index (Phi) is 10.6. The number of carbonyl (C=O) groups excluding carboxylic acids is 3. The van der Waals surface area contributed by atoms with Gasteiger partial charge in [0.1, 0.15) is 11.5 Å². The molecule has 0 bridgehead atoms. The first kappa shape index (κ1) is 29.7. The van der Waals surface area contributed by atoms with Gasteiger partial charge in [-0.05, 0) is 72.6 Å². The Morgan fingerprint density at radius 2 is 1.50 bits per heavy atom. The zero-order chi connectivity index (χ0) is 29.0. The Labute approximate surface area is 228 Å². The molecule has 210 valence electrons. The van der Waals surface area contributed by atoms with Gasteiger partial charge in [-0.1, -0.05) is 25.5 Å². The van der Waals surface area contributed by atoms with Crippen molar-refractivity contribution in [3.05, 3.63) is 83.9 Å². The third kappa shape index (κ3) is 9.46. The smallest absolute Gasteiger partial charge is 0.418 e. The minimum atomic E-state index is -4.61. The van der Waals surface area contributed by atoms with E-state index in [1.807, 2.05) is 0 Å². The van der Waals surface area contributed by atoms with Crippen LogP contribution in [0.5, 0.6) is 11.5 Å². The number of nitrogens with zero attached hydrogens (tertiary/aromatic N) is 1. The van der Waals surface area contributed by atoms with Crippen molar-refractivity contribution in [1.29, 1.82) is 0 Å². The summed E-state index contributed by atoms with van der Waals surface area (Å²) in [7, 11) is 0. The largest absolute Gasteiger partial charge is 0.494 e. The van der Waals surface area contributed by atoms with E-state index in [0.29, 0.717) is 23.6 Å². The van der Waals surface area contributed by atoms with Crippen LogP contribution in [0.15, 0.2) is 77.9 Å². The van der Waals surface area contributed by atoms with Crippen LogP contribution >= 0.6 is 0 Å². The topological polar surface area (TPSA) is 118 Å². The Bertz CT molecular complexity index is 1330. The lowest BCUT2D eigenvalue weighted by atomic mass is 10.1. The first-order valence-electron chi connectivity index (χ1n) is 12.2. The second-order valence-electron chi connectivity index (χ2n) is 8.33. The van der Waals surface area contributed by atoms with E-state index < -0.39 is 36.1 Å². The molecule has 0 fully saturated rings. The quantitative estimate of drug-likeness (QED) is 0.133. The summed E-state index contributed by atoms with van der Waals surface area (Å²) < 4.78 is 50.0. The fourth-order valence-corrected chi connectivity index (χ4v) is 3.20. The van der Waals surface area contributed by atoms with Gasteiger partial charge in [-0.3, -0.25) is 14.4 Å². The zero-order valence-corrected chi connectivity index (χ0v) is 21.5. The normalized spacial score (nSPS) is 11.1. The number of para-hydroxylation sites is 1. The summed E-state index contributed by atoms with van der Waals surface area (Å²) in [5.74, 6) is -1.71. The Balaban J connectivity index is 1.42. The van der Waals surface area contributed by atoms with Crippen LogP contribution in [0.25, 0.3) is 0 Å². The van der Waals surface area contributed by atoms with Gasteiger partial charge in [-0.25, -0.2) is 5.43 Å². The van der Waals surface area contributed by atoms with Crippen molar-refractivity contribution >= 4 is 35.3 Å². The minimum absolute atomic E-state index is 0.279. The Hall–Kier alpha value is -4.87. The maximum absolute atomic E-state index is 13.1. The van der Waals surface area contributed by atoms with Crippen LogP contribution in [0.1, 0.15) is 30.9 Å². The molecule has 0 aliphatic rings. The molecule has 9 nitrogen and oxygen atoms in total. The zero-order valence-electron chi connectivity index (χ0n) is 21.5. The van der Waals surface area contributed by atoms with E-state index in [9.17, 15) is 27.6 Å². The molecule has 12 heteroatoms. The molecule has 0 unspecified atom stereocenters. The highest BCUT2D eigenvalue weighted by Crippen LogP contribution is 2.34. The molecular weight excluding hydrogens is 529 g/mol. The number of hydrazone groups is 1. The standard InChI is InChI=1S/C28H27F3N4O5/c1-2-3-16-39-21-14-10-20(11-15-21)33-26(37)27(38)35-32-17-19-8-12-22(13-9-19)40-18-25(36)34-24-7-5-4-6-23(24)28(29,30)31/h4-15,17H,2-3,16,18H2,1H3,(H,33,37)(H,34,36)(H,35,38)/b32-17-. The number of amides is 3. The van der Waals surface area contributed by atoms with Crippen molar-refractivity contribution in [2.45, 2.75) is 25.9 Å². The molecule has 3 rings (SSSR count). The van der Waals surface area contributed by atoms with Gasteiger partial charge in [0.25, 0.3) is 5.91 Å². The molecule has 3 aromatic rings. The van der Waals surface area contributed by atoms with E-state index in [-0.39, 0.29) is 11.4 Å². The van der Waals surface area contributed by atoms with Crippen molar-refractivity contribution in [2.75, 3.05) is 23.8 Å². The lowest BCUT2D eigenvalue weighted by molar-refractivity contribution is -0.137. The highest BCUT2D eigenvalue weighted by Gasteiger charge is 2.33. The Morgan fingerprint density at radius 3 is 2.17 bits per heavy atom. The first-order chi connectivity index (χ1) is 19.2. The summed E-state index contributed by atoms with van der Waals surface area (Å²) in [4.78, 5) is 36.1. The van der Waals surface area contributed by atoms with E-state index >= 15 is 0 Å². The van der Waals surface area contributed by atoms with E-state index in [2.05, 4.69) is 28.1 Å². The predicted octanol–water partition coefficient (Wildman–Crippen LogP) is 4.99. The van der Waals surface area contributed by atoms with Crippen LogP contribution in [0.4, 0.5) is 24.5 Å². The number of ether oxygens (including phenoxy) is 2. The maximum atomic E-state index is 13.1. The molecule has 0 saturated carbocycles. The van der Waals surface area contributed by atoms with Gasteiger partial charge in [0, 0.05) is 5.69 Å². The SMILES string of the molecule is CCCCOc1ccc(NC(=O)C(=O)N/N=C\c2ccc(OCC(=O)Nc3ccccc3C(F)(F)F)cc2)cc1. The molecule has 0 radical (unpaired) electrons. The van der Waals surface area contributed by atoms with Crippen molar-refractivity contribution in [3.8, 4) is 11.5 Å². The van der Waals surface area contributed by atoms with Crippen LogP contribution in [0.3, 0.4) is 0 Å². The summed E-state index contributed by atoms with van der Waals surface area (Å²) in [6.45, 7) is 2.14. The van der Waals surface area contributed by atoms with Gasteiger partial charge in [-0.2, -0.15) is 18.3 Å². The average molecular weight is 557 g/mol. The van der Waals surface area contributed by atoms with Crippen LogP contribution < -0.4 is 25.5 Å². The van der Waals surface area contributed by atoms with E-state index in [1.54, 1.807) is 36.4 Å². The van der Waals surface area contributed by atoms with Crippen LogP contribution in [-0.4, -0.2) is 37.1 Å². The third-order valence-corrected chi connectivity index (χ3v) is 5.22. The average Bonchev–Trinajstić information content (AvgIpc) is 2.93. The van der Waals surface area contributed by atoms with Gasteiger partial charge in [0.15, 0.2) is 6.61 Å². The molecule has 0 saturated heterocycles. The van der Waals surface area contributed by atoms with Crippen LogP contribution in [0, 0.1) is 0 Å². The number of alkyl halides is 3. The number of rotatable bonds is 11. The van der Waals surface area contributed by atoms with Crippen molar-refractivity contribution in [1.82, 2.24) is 5.43 Å². The number of unbranched alkanes of at least 4 members (excludes halogenated alkanes) is 1. The van der Waals surface area contributed by atoms with Gasteiger partial charge in [-0.15, -0.1) is 0 Å². The van der Waals surface area contributed by atoms with Crippen LogP contribution in [0.2, 0.25) is 0 Å². The Morgan fingerprint density at radius 1 is 0.850 bits per heavy atom. The van der Waals surface area contributed by atoms with Crippen molar-refractivity contribution in [3.63, 3.8) is 0 Å². The minimum Gasteiger partial charge on any atom is -0.494 e. The fourth-order valence-electron chi connectivity index (χ4n) is 3.20. The maximum Gasteiger partial charge on any atom is 0.418 e. The lowest BCUT2D eigenvalue weighted by Gasteiger charge is -2.13. The molecule has 3 aromatic carbocycles. The fraction of sp³-hybridized carbons (Fsp3) is 0.214. The summed E-state index contributed by atoms with van der Waals surface area (Å²) in [6, 6.07) is 17.4. The highest BCUT2D eigenvalue weighted by atomic mass is 19.4. The van der Waals surface area contributed by atoms with Gasteiger partial charge >= 0.3 is 18.0 Å². The van der Waals surface area contributed by atoms with Gasteiger partial charge < -0.3 is 20.1 Å². The molecule has 0 aromatic heterocycles. The molecular formula is C28H27F3N4O5. The van der Waals surface area contributed by atoms with Crippen LogP contribution in [-0.2, 0) is 20.6 Å². The van der Waals surface area contributed by atoms with E-state index in [1.165, 1.54) is 30.5 Å². The highest BCUT2D eigenvalue weighted by molar-refractivity contribution is 6.39. The number of anilines is 2. The molecule has 0 aliphatic heterocycles. The summed E-state index contributed by atoms with van der Waals surface area (Å²) in [5, 5.41) is 8.38. The number of halogens is 3. The number of carbonyl (C=O) groups is 3. The van der Waals surface area contributed by atoms with Crippen molar-refractivity contribution in [2.24, 2.45) is 5.10 Å². The molecule has 3 N–H and O–H groups in total. The number of benzene rings is 3. The molecule has 0 spiro atoms. The predicted molar refractivity (Wildman–Crippen MR) is 143 cm³/mol. The van der Waals surface area contributed by atoms with E-state index in [0.717, 1.165) is 25.0 Å². The molecule has 0 aliphatic carbocycles. The molecule has 40 heavy (non-hydrogen) atoms. The second kappa shape index (κ2) is 14.3. The summed E-state index contributed by atoms with van der Waals surface area (Å²) in [6.07, 6.45) is -1.37. The van der Waals surface area contributed by atoms with Crippen molar-refractivity contribution < 1.29 is 37.0 Å². The summed E-state index contributed by atoms with van der Waals surface area (Å²) in [5.41, 5.74) is 1.75. The number of hydrogen-bond acceptors (Lipinski definition) is 6. The van der Waals surface area contributed by atoms with Gasteiger partial charge in [0.05, 0.1) is 24.1 Å². The first-order valence-corrected chi connectivity index (χ1v) is 12.2. The number of hydrogen-bond donors (Lipinski definition) is 3. The molecule has 0 atom stereocenters. The monoisotopic (exact) mass is 556 g/mol. The number of nitrogens with one attached hydrogen (secondary N) is 3. The van der Waals surface area contributed by atoms with E-state index in [4.69, 9.17) is 9.47 Å². The van der Waals surface area contributed by atoms with Gasteiger partial charge in [0.2, 0.25) is 0 Å². The lowest BCUT2D eigenvalue weighted by Crippen LogP contribution is -2.32. The molecule has 3 amide bonds.